The topological polar surface area (TPSA) is 23.6 Å². The molecule has 112 valence electrons. The quantitative estimate of drug-likeness (QED) is 0.719. The Morgan fingerprint density at radius 2 is 1.81 bits per heavy atom. The normalized spacial score (nSPS) is 16.1. The Morgan fingerprint density at radius 1 is 1.19 bits per heavy atom. The Balaban J connectivity index is 2.49. The average molecular weight is 284 g/mol. The third-order valence-electron chi connectivity index (χ3n) is 4.16. The Hall–Kier alpha value is -1.87. The van der Waals surface area contributed by atoms with Gasteiger partial charge in [0, 0.05) is 18.7 Å². The second kappa shape index (κ2) is 6.27. The summed E-state index contributed by atoms with van der Waals surface area (Å²) in [7, 11) is 4.05. The summed E-state index contributed by atoms with van der Waals surface area (Å²) in [6.07, 6.45) is 5.30. The minimum absolute atomic E-state index is 0.121. The molecule has 1 aliphatic rings. The smallest absolute Gasteiger partial charge is 0.255 e. The maximum absolute atomic E-state index is 12.8. The third kappa shape index (κ3) is 2.66. The van der Waals surface area contributed by atoms with Gasteiger partial charge in [-0.05, 0) is 38.6 Å². The van der Waals surface area contributed by atoms with Crippen molar-refractivity contribution in [2.24, 2.45) is 0 Å². The standard InChI is InChI=1S/C18H24N2O/c1-5-11-18(12-6-2)16-10-8-7-9-15(16)17(21)20(18)14-13-19(3)4/h5-10H,1-2,11-14H2,3-4H3. The van der Waals surface area contributed by atoms with Gasteiger partial charge in [-0.2, -0.15) is 0 Å². The Morgan fingerprint density at radius 3 is 2.38 bits per heavy atom. The number of benzene rings is 1. The van der Waals surface area contributed by atoms with Gasteiger partial charge in [-0.1, -0.05) is 30.4 Å². The van der Waals surface area contributed by atoms with E-state index < -0.39 is 0 Å². The molecule has 0 aliphatic carbocycles. The fourth-order valence-corrected chi connectivity index (χ4v) is 3.18. The first kappa shape index (κ1) is 15.5. The van der Waals surface area contributed by atoms with Crippen LogP contribution in [0.15, 0.2) is 49.6 Å². The molecule has 3 nitrogen and oxygen atoms in total. The summed E-state index contributed by atoms with van der Waals surface area (Å²) in [6.45, 7) is 9.35. The molecule has 21 heavy (non-hydrogen) atoms. The summed E-state index contributed by atoms with van der Waals surface area (Å²) in [4.78, 5) is 16.9. The van der Waals surface area contributed by atoms with Gasteiger partial charge in [0.25, 0.3) is 5.91 Å². The molecular weight excluding hydrogens is 260 g/mol. The summed E-state index contributed by atoms with van der Waals surface area (Å²) in [6, 6.07) is 7.92. The zero-order chi connectivity index (χ0) is 15.5. The van der Waals surface area contributed by atoms with Crippen LogP contribution in [0.1, 0.15) is 28.8 Å². The van der Waals surface area contributed by atoms with E-state index in [9.17, 15) is 4.79 Å². The van der Waals surface area contributed by atoms with Crippen LogP contribution in [0.25, 0.3) is 0 Å². The molecule has 2 rings (SSSR count). The lowest BCUT2D eigenvalue weighted by Gasteiger charge is -2.39. The predicted octanol–water partition coefficient (Wildman–Crippen LogP) is 3.05. The maximum atomic E-state index is 12.8. The van der Waals surface area contributed by atoms with Gasteiger partial charge in [-0.15, -0.1) is 13.2 Å². The number of rotatable bonds is 7. The number of nitrogens with zero attached hydrogens (tertiary/aromatic N) is 2. The third-order valence-corrected chi connectivity index (χ3v) is 4.16. The molecule has 0 atom stereocenters. The van der Waals surface area contributed by atoms with E-state index in [-0.39, 0.29) is 11.4 Å². The van der Waals surface area contributed by atoms with Crippen molar-refractivity contribution in [2.45, 2.75) is 18.4 Å². The molecule has 0 radical (unpaired) electrons. The molecule has 0 unspecified atom stereocenters. The molecule has 0 saturated carbocycles. The largest absolute Gasteiger partial charge is 0.327 e. The molecule has 0 fully saturated rings. The molecular formula is C18H24N2O. The van der Waals surface area contributed by atoms with Gasteiger partial charge < -0.3 is 9.80 Å². The molecule has 1 aliphatic heterocycles. The molecule has 0 aromatic heterocycles. The number of hydrogen-bond donors (Lipinski definition) is 0. The van der Waals surface area contributed by atoms with E-state index in [1.807, 2.05) is 49.3 Å². The van der Waals surface area contributed by atoms with E-state index in [0.29, 0.717) is 6.54 Å². The van der Waals surface area contributed by atoms with Gasteiger partial charge >= 0.3 is 0 Å². The number of likely N-dealkylation sites (N-methyl/N-ethyl adjacent to an activating group) is 1. The second-order valence-electron chi connectivity index (χ2n) is 5.82. The fraction of sp³-hybridized carbons (Fsp3) is 0.389. The van der Waals surface area contributed by atoms with Gasteiger partial charge in [0.15, 0.2) is 0 Å². The Bertz CT molecular complexity index is 538. The lowest BCUT2D eigenvalue weighted by atomic mass is 9.83. The Kier molecular flexibility index (Phi) is 4.63. The zero-order valence-corrected chi connectivity index (χ0v) is 13.0. The highest BCUT2D eigenvalue weighted by molar-refractivity contribution is 6.00. The van der Waals surface area contributed by atoms with Crippen LogP contribution in [0.2, 0.25) is 0 Å². The van der Waals surface area contributed by atoms with Gasteiger partial charge in [0.05, 0.1) is 5.54 Å². The molecule has 0 saturated heterocycles. The average Bonchev–Trinajstić information content (AvgIpc) is 2.68. The molecule has 1 heterocycles. The lowest BCUT2D eigenvalue weighted by molar-refractivity contribution is 0.0533. The zero-order valence-electron chi connectivity index (χ0n) is 13.0. The molecule has 0 N–H and O–H groups in total. The van der Waals surface area contributed by atoms with E-state index >= 15 is 0 Å². The maximum Gasteiger partial charge on any atom is 0.255 e. The van der Waals surface area contributed by atoms with Gasteiger partial charge in [0.2, 0.25) is 0 Å². The molecule has 1 aromatic rings. The highest BCUT2D eigenvalue weighted by atomic mass is 16.2. The summed E-state index contributed by atoms with van der Waals surface area (Å²) in [5.41, 5.74) is 1.60. The van der Waals surface area contributed by atoms with Gasteiger partial charge in [-0.25, -0.2) is 0 Å². The van der Waals surface area contributed by atoms with Gasteiger partial charge in [0.1, 0.15) is 0 Å². The van der Waals surface area contributed by atoms with E-state index in [4.69, 9.17) is 0 Å². The van der Waals surface area contributed by atoms with Crippen LogP contribution in [-0.2, 0) is 5.54 Å². The molecule has 1 amide bonds. The van der Waals surface area contributed by atoms with E-state index in [2.05, 4.69) is 24.1 Å². The molecule has 1 aromatic carbocycles. The van der Waals surface area contributed by atoms with Crippen molar-refractivity contribution in [2.75, 3.05) is 27.2 Å². The summed E-state index contributed by atoms with van der Waals surface area (Å²) < 4.78 is 0. The van der Waals surface area contributed by atoms with Crippen molar-refractivity contribution in [3.8, 4) is 0 Å². The number of carbonyl (C=O) groups is 1. The van der Waals surface area contributed by atoms with Crippen LogP contribution >= 0.6 is 0 Å². The van der Waals surface area contributed by atoms with E-state index in [1.54, 1.807) is 0 Å². The fourth-order valence-electron chi connectivity index (χ4n) is 3.18. The van der Waals surface area contributed by atoms with Crippen molar-refractivity contribution in [3.05, 3.63) is 60.7 Å². The van der Waals surface area contributed by atoms with Crippen molar-refractivity contribution in [1.82, 2.24) is 9.80 Å². The molecule has 3 heteroatoms. The van der Waals surface area contributed by atoms with E-state index in [1.165, 1.54) is 0 Å². The summed E-state index contributed by atoms with van der Waals surface area (Å²) in [5.74, 6) is 0.121. The summed E-state index contributed by atoms with van der Waals surface area (Å²) in [5, 5.41) is 0. The highest BCUT2D eigenvalue weighted by Gasteiger charge is 2.47. The van der Waals surface area contributed by atoms with Crippen molar-refractivity contribution in [3.63, 3.8) is 0 Å². The van der Waals surface area contributed by atoms with Crippen LogP contribution in [0.5, 0.6) is 0 Å². The minimum Gasteiger partial charge on any atom is -0.327 e. The van der Waals surface area contributed by atoms with E-state index in [0.717, 1.165) is 30.5 Å². The number of fused-ring (bicyclic) bond motifs is 1. The lowest BCUT2D eigenvalue weighted by Crippen LogP contribution is -2.46. The first-order valence-corrected chi connectivity index (χ1v) is 7.35. The summed E-state index contributed by atoms with van der Waals surface area (Å²) >= 11 is 0. The second-order valence-corrected chi connectivity index (χ2v) is 5.82. The first-order valence-electron chi connectivity index (χ1n) is 7.35. The number of hydrogen-bond acceptors (Lipinski definition) is 2. The number of carbonyl (C=O) groups excluding carboxylic acids is 1. The van der Waals surface area contributed by atoms with Crippen LogP contribution in [-0.4, -0.2) is 42.9 Å². The molecule has 0 spiro atoms. The van der Waals surface area contributed by atoms with Crippen LogP contribution in [0.4, 0.5) is 0 Å². The first-order chi connectivity index (χ1) is 10.1. The minimum atomic E-state index is -0.326. The van der Waals surface area contributed by atoms with Crippen LogP contribution < -0.4 is 0 Å². The van der Waals surface area contributed by atoms with Crippen molar-refractivity contribution in [1.29, 1.82) is 0 Å². The number of amides is 1. The van der Waals surface area contributed by atoms with Crippen molar-refractivity contribution >= 4 is 5.91 Å². The predicted molar refractivity (Wildman–Crippen MR) is 87.3 cm³/mol. The van der Waals surface area contributed by atoms with Crippen LogP contribution in [0, 0.1) is 0 Å². The van der Waals surface area contributed by atoms with Crippen molar-refractivity contribution < 1.29 is 4.79 Å². The highest BCUT2D eigenvalue weighted by Crippen LogP contribution is 2.44. The SMILES string of the molecule is C=CCC1(CC=C)c2ccccc2C(=O)N1CCN(C)C. The monoisotopic (exact) mass is 284 g/mol. The van der Waals surface area contributed by atoms with Gasteiger partial charge in [-0.3, -0.25) is 4.79 Å². The van der Waals surface area contributed by atoms with Crippen LogP contribution in [0.3, 0.4) is 0 Å². The Labute approximate surface area is 127 Å². The molecule has 0 bridgehead atoms.